The van der Waals surface area contributed by atoms with Crippen molar-refractivity contribution >= 4 is 17.4 Å². The lowest BCUT2D eigenvalue weighted by molar-refractivity contribution is -0.117. The predicted octanol–water partition coefficient (Wildman–Crippen LogP) is 2.44. The van der Waals surface area contributed by atoms with Crippen molar-refractivity contribution in [1.29, 1.82) is 0 Å². The fourth-order valence-electron chi connectivity index (χ4n) is 4.01. The van der Waals surface area contributed by atoms with Gasteiger partial charge in [-0.15, -0.1) is 0 Å². The molecule has 2 aliphatic heterocycles. The van der Waals surface area contributed by atoms with Crippen LogP contribution in [0.5, 0.6) is 0 Å². The maximum absolute atomic E-state index is 11.9. The van der Waals surface area contributed by atoms with Crippen molar-refractivity contribution in [2.45, 2.75) is 51.0 Å². The number of aromatic nitrogens is 4. The van der Waals surface area contributed by atoms with E-state index >= 15 is 0 Å². The van der Waals surface area contributed by atoms with Crippen LogP contribution in [-0.2, 0) is 4.79 Å². The number of rotatable bonds is 4. The lowest BCUT2D eigenvalue weighted by Crippen LogP contribution is -2.24. The van der Waals surface area contributed by atoms with Crippen LogP contribution >= 0.6 is 0 Å². The van der Waals surface area contributed by atoms with Gasteiger partial charge < -0.3 is 9.80 Å². The van der Waals surface area contributed by atoms with Crippen LogP contribution in [0.1, 0.15) is 55.6 Å². The Morgan fingerprint density at radius 2 is 2.04 bits per heavy atom. The number of aryl methyl sites for hydroxylation is 1. The zero-order chi connectivity index (χ0) is 17.7. The molecule has 2 aromatic rings. The van der Waals surface area contributed by atoms with Crippen molar-refractivity contribution in [3.8, 4) is 0 Å². The van der Waals surface area contributed by atoms with Gasteiger partial charge >= 0.3 is 0 Å². The summed E-state index contributed by atoms with van der Waals surface area (Å²) in [5.41, 5.74) is 1.98. The highest BCUT2D eigenvalue weighted by molar-refractivity contribution is 5.95. The molecule has 1 atom stereocenters. The number of nitrogens with zero attached hydrogens (tertiary/aromatic N) is 6. The Kier molecular flexibility index (Phi) is 3.69. The summed E-state index contributed by atoms with van der Waals surface area (Å²) in [4.78, 5) is 25.5. The largest absolute Gasteiger partial charge is 0.354 e. The summed E-state index contributed by atoms with van der Waals surface area (Å²) in [5.74, 6) is 2.83. The molecule has 5 rings (SSSR count). The molecule has 26 heavy (non-hydrogen) atoms. The molecule has 0 N–H and O–H groups in total. The lowest BCUT2D eigenvalue weighted by Gasteiger charge is -2.19. The van der Waals surface area contributed by atoms with Crippen molar-refractivity contribution in [2.24, 2.45) is 0 Å². The first kappa shape index (κ1) is 15.8. The molecule has 1 unspecified atom stereocenters. The van der Waals surface area contributed by atoms with Crippen molar-refractivity contribution in [1.82, 2.24) is 19.7 Å². The third-order valence-corrected chi connectivity index (χ3v) is 5.63. The van der Waals surface area contributed by atoms with Gasteiger partial charge in [-0.1, -0.05) is 0 Å². The first-order chi connectivity index (χ1) is 12.7. The fraction of sp³-hybridized carbons (Fsp3) is 0.579. The highest BCUT2D eigenvalue weighted by Gasteiger charge is 2.30. The Bertz CT molecular complexity index is 842. The SMILES string of the molecule is Cc1cc(N2CCC(n3cc(N4CCCC4=O)cn3)C2)nc(C2CC2)n1. The monoisotopic (exact) mass is 352 g/mol. The molecule has 1 amide bonds. The second kappa shape index (κ2) is 6.07. The first-order valence-corrected chi connectivity index (χ1v) is 9.62. The first-order valence-electron chi connectivity index (χ1n) is 9.62. The molecule has 1 aliphatic carbocycles. The summed E-state index contributed by atoms with van der Waals surface area (Å²) in [7, 11) is 0. The highest BCUT2D eigenvalue weighted by atomic mass is 16.2. The van der Waals surface area contributed by atoms with E-state index in [1.54, 1.807) is 0 Å². The third-order valence-electron chi connectivity index (χ3n) is 5.63. The summed E-state index contributed by atoms with van der Waals surface area (Å²) in [6.45, 7) is 4.74. The molecule has 7 nitrogen and oxygen atoms in total. The van der Waals surface area contributed by atoms with Crippen LogP contribution in [0.2, 0.25) is 0 Å². The van der Waals surface area contributed by atoms with Gasteiger partial charge in [0.25, 0.3) is 0 Å². The maximum Gasteiger partial charge on any atom is 0.227 e. The van der Waals surface area contributed by atoms with E-state index < -0.39 is 0 Å². The Balaban J connectivity index is 1.32. The summed E-state index contributed by atoms with van der Waals surface area (Å²) in [6.07, 6.45) is 8.92. The minimum absolute atomic E-state index is 0.210. The molecule has 0 aromatic carbocycles. The minimum Gasteiger partial charge on any atom is -0.354 e. The zero-order valence-electron chi connectivity index (χ0n) is 15.1. The predicted molar refractivity (Wildman–Crippen MR) is 98.4 cm³/mol. The number of anilines is 2. The topological polar surface area (TPSA) is 67.2 Å². The molecule has 3 aliphatic rings. The normalized spacial score (nSPS) is 23.3. The zero-order valence-corrected chi connectivity index (χ0v) is 15.1. The third kappa shape index (κ3) is 2.85. The molecule has 2 aromatic heterocycles. The summed E-state index contributed by atoms with van der Waals surface area (Å²) in [5, 5.41) is 4.54. The maximum atomic E-state index is 11.9. The van der Waals surface area contributed by atoms with Crippen molar-refractivity contribution < 1.29 is 4.79 Å². The number of carbonyl (C=O) groups is 1. The molecule has 3 fully saturated rings. The second-order valence-electron chi connectivity index (χ2n) is 7.72. The molecule has 4 heterocycles. The van der Waals surface area contributed by atoms with Gasteiger partial charge in [-0.3, -0.25) is 9.48 Å². The highest BCUT2D eigenvalue weighted by Crippen LogP contribution is 2.39. The van der Waals surface area contributed by atoms with Crippen LogP contribution < -0.4 is 9.80 Å². The average Bonchev–Trinajstić information content (AvgIpc) is 3.01. The van der Waals surface area contributed by atoms with E-state index in [0.717, 1.165) is 55.5 Å². The smallest absolute Gasteiger partial charge is 0.227 e. The Morgan fingerprint density at radius 1 is 1.15 bits per heavy atom. The average molecular weight is 352 g/mol. The number of hydrogen-bond donors (Lipinski definition) is 0. The van der Waals surface area contributed by atoms with Gasteiger partial charge in [-0.05, 0) is 32.6 Å². The molecular formula is C19H24N6O. The van der Waals surface area contributed by atoms with E-state index in [4.69, 9.17) is 4.98 Å². The van der Waals surface area contributed by atoms with Crippen molar-refractivity contribution in [3.63, 3.8) is 0 Å². The van der Waals surface area contributed by atoms with Crippen LogP contribution in [0, 0.1) is 6.92 Å². The molecule has 0 bridgehead atoms. The van der Waals surface area contributed by atoms with E-state index in [-0.39, 0.29) is 5.91 Å². The summed E-state index contributed by atoms with van der Waals surface area (Å²) < 4.78 is 2.02. The van der Waals surface area contributed by atoms with Crippen LogP contribution in [0.4, 0.5) is 11.5 Å². The Hall–Kier alpha value is -2.44. The molecule has 1 saturated carbocycles. The van der Waals surface area contributed by atoms with E-state index in [9.17, 15) is 4.79 Å². The van der Waals surface area contributed by atoms with Gasteiger partial charge in [0.05, 0.1) is 17.9 Å². The van der Waals surface area contributed by atoms with Gasteiger partial charge in [-0.25, -0.2) is 9.97 Å². The van der Waals surface area contributed by atoms with Gasteiger partial charge in [0.1, 0.15) is 11.6 Å². The lowest BCUT2D eigenvalue weighted by atomic mass is 10.3. The molecule has 136 valence electrons. The van der Waals surface area contributed by atoms with Crippen molar-refractivity contribution in [3.05, 3.63) is 30.0 Å². The summed E-state index contributed by atoms with van der Waals surface area (Å²) in [6, 6.07) is 2.41. The van der Waals surface area contributed by atoms with Crippen molar-refractivity contribution in [2.75, 3.05) is 29.4 Å². The number of amides is 1. The quantitative estimate of drug-likeness (QED) is 0.845. The Morgan fingerprint density at radius 3 is 2.81 bits per heavy atom. The van der Waals surface area contributed by atoms with Crippen LogP contribution in [0.3, 0.4) is 0 Å². The molecule has 7 heteroatoms. The molecule has 2 saturated heterocycles. The van der Waals surface area contributed by atoms with Gasteiger partial charge in [-0.2, -0.15) is 5.10 Å². The van der Waals surface area contributed by atoms with E-state index in [2.05, 4.69) is 28.0 Å². The molecular weight excluding hydrogens is 328 g/mol. The molecule has 0 radical (unpaired) electrons. The van der Waals surface area contributed by atoms with E-state index in [0.29, 0.717) is 18.4 Å². The number of carbonyl (C=O) groups excluding carboxylic acids is 1. The Labute approximate surface area is 153 Å². The van der Waals surface area contributed by atoms with Gasteiger partial charge in [0, 0.05) is 49.9 Å². The second-order valence-corrected chi connectivity index (χ2v) is 7.72. The van der Waals surface area contributed by atoms with Crippen LogP contribution in [-0.4, -0.2) is 45.3 Å². The standard InChI is InChI=1S/C19H24N6O/c1-13-9-17(22-19(21-13)14-4-5-14)23-8-6-15(11-23)25-12-16(10-20-25)24-7-2-3-18(24)26/h9-10,12,14-15H,2-8,11H2,1H3. The van der Waals surface area contributed by atoms with Crippen LogP contribution in [0.25, 0.3) is 0 Å². The van der Waals surface area contributed by atoms with Gasteiger partial charge in [0.2, 0.25) is 5.91 Å². The fourth-order valence-corrected chi connectivity index (χ4v) is 4.01. The molecule has 0 spiro atoms. The van der Waals surface area contributed by atoms with E-state index in [1.807, 2.05) is 22.0 Å². The van der Waals surface area contributed by atoms with Crippen LogP contribution in [0.15, 0.2) is 18.5 Å². The van der Waals surface area contributed by atoms with Gasteiger partial charge in [0.15, 0.2) is 0 Å². The number of hydrogen-bond acceptors (Lipinski definition) is 5. The van der Waals surface area contributed by atoms with E-state index in [1.165, 1.54) is 12.8 Å². The summed E-state index contributed by atoms with van der Waals surface area (Å²) >= 11 is 0. The minimum atomic E-state index is 0.210.